The van der Waals surface area contributed by atoms with Gasteiger partial charge in [-0.05, 0) is 101 Å². The van der Waals surface area contributed by atoms with E-state index in [1.165, 1.54) is 11.9 Å². The summed E-state index contributed by atoms with van der Waals surface area (Å²) in [4.78, 5) is 77.9. The van der Waals surface area contributed by atoms with E-state index in [9.17, 15) is 29.1 Å². The molecule has 1 aliphatic carbocycles. The van der Waals surface area contributed by atoms with Gasteiger partial charge < -0.3 is 39.6 Å². The van der Waals surface area contributed by atoms with Gasteiger partial charge in [-0.25, -0.2) is 4.98 Å². The first kappa shape index (κ1) is 42.5. The molecule has 17 nitrogen and oxygen atoms in total. The maximum absolute atomic E-state index is 13.4. The summed E-state index contributed by atoms with van der Waals surface area (Å²) in [7, 11) is 1.51. The van der Waals surface area contributed by atoms with Gasteiger partial charge >= 0.3 is 0 Å². The average Bonchev–Trinajstić information content (AvgIpc) is 3.51. The Balaban J connectivity index is 0.778. The van der Waals surface area contributed by atoms with Crippen molar-refractivity contribution in [1.29, 1.82) is 0 Å². The molecule has 6 heterocycles. The van der Waals surface area contributed by atoms with Crippen molar-refractivity contribution in [2.24, 2.45) is 5.41 Å². The molecular formula is C45H52ClN9O8. The van der Waals surface area contributed by atoms with E-state index in [0.717, 1.165) is 68.2 Å². The maximum Gasteiger partial charge on any atom is 0.293 e. The van der Waals surface area contributed by atoms with Crippen LogP contribution in [0.3, 0.4) is 0 Å². The number of aliphatic hydroxyl groups excluding tert-OH is 1. The quantitative estimate of drug-likeness (QED) is 0.153. The number of nitrogens with zero attached hydrogens (tertiary/aromatic N) is 6. The van der Waals surface area contributed by atoms with Crippen LogP contribution in [-0.2, 0) is 19.1 Å². The number of halogens is 1. The number of benzene rings is 2. The number of ether oxygens (including phenoxy) is 2. The van der Waals surface area contributed by atoms with Crippen LogP contribution in [-0.4, -0.2) is 106 Å². The molecule has 63 heavy (non-hydrogen) atoms. The van der Waals surface area contributed by atoms with E-state index in [0.29, 0.717) is 46.7 Å². The predicted molar refractivity (Wildman–Crippen MR) is 235 cm³/mol. The molecule has 1 saturated carbocycles. The Hall–Kier alpha value is -5.78. The minimum atomic E-state index is -1.27. The number of amides is 4. The number of carbonyl (C=O) groups excluding carboxylic acids is 4. The third-order valence-electron chi connectivity index (χ3n) is 13.4. The molecule has 4 aromatic rings. The fourth-order valence-electron chi connectivity index (χ4n) is 10.00. The first-order chi connectivity index (χ1) is 30.3. The van der Waals surface area contributed by atoms with Crippen molar-refractivity contribution < 1.29 is 33.8 Å². The van der Waals surface area contributed by atoms with E-state index >= 15 is 0 Å². The Labute approximate surface area is 369 Å². The number of piperidine rings is 3. The van der Waals surface area contributed by atoms with Crippen molar-refractivity contribution >= 4 is 69.3 Å². The molecule has 3 saturated heterocycles. The molecule has 0 bridgehead atoms. The molecule has 9 rings (SSSR count). The summed E-state index contributed by atoms with van der Waals surface area (Å²) < 4.78 is 13.9. The van der Waals surface area contributed by atoms with Crippen molar-refractivity contribution in [2.45, 2.75) is 95.7 Å². The summed E-state index contributed by atoms with van der Waals surface area (Å²) >= 11 is 6.62. The van der Waals surface area contributed by atoms with E-state index in [2.05, 4.69) is 30.7 Å². The van der Waals surface area contributed by atoms with Gasteiger partial charge in [-0.1, -0.05) is 17.7 Å². The SMILES string of the molecule is CNC(=O)COc1cc2cc(Nc3nc(N4CCC5(CC4)CC(OC4CCN(c6cccc7c6C(O)N(C6CCC(=O)NC6=O)C7=O)CC4)C5)ncc3Cl)ccc2n(C(C)C)c1=O. The number of anilines is 4. The molecule has 0 radical (unpaired) electrons. The van der Waals surface area contributed by atoms with Gasteiger partial charge in [0.2, 0.25) is 17.8 Å². The minimum absolute atomic E-state index is 0.0879. The molecule has 5 aliphatic rings. The molecule has 2 aromatic carbocycles. The van der Waals surface area contributed by atoms with Crippen molar-refractivity contribution in [3.05, 3.63) is 75.2 Å². The van der Waals surface area contributed by atoms with E-state index in [1.807, 2.05) is 44.2 Å². The summed E-state index contributed by atoms with van der Waals surface area (Å²) in [5.74, 6) is -0.517. The topological polar surface area (TPSA) is 201 Å². The minimum Gasteiger partial charge on any atom is -0.478 e. The van der Waals surface area contributed by atoms with Crippen molar-refractivity contribution in [1.82, 2.24) is 30.1 Å². The molecule has 332 valence electrons. The second-order valence-electron chi connectivity index (χ2n) is 17.6. The zero-order valence-corrected chi connectivity index (χ0v) is 36.3. The predicted octanol–water partition coefficient (Wildman–Crippen LogP) is 4.58. The third kappa shape index (κ3) is 8.17. The number of carbonyl (C=O) groups is 4. The van der Waals surface area contributed by atoms with Crippen LogP contribution >= 0.6 is 11.6 Å². The number of hydrogen-bond acceptors (Lipinski definition) is 13. The van der Waals surface area contributed by atoms with Crippen molar-refractivity contribution in [2.75, 3.05) is 55.0 Å². The summed E-state index contributed by atoms with van der Waals surface area (Å²) in [6.45, 7) is 6.61. The highest BCUT2D eigenvalue weighted by Crippen LogP contribution is 2.51. The van der Waals surface area contributed by atoms with Gasteiger partial charge in [0.05, 0.1) is 23.9 Å². The van der Waals surface area contributed by atoms with Gasteiger partial charge in [0.25, 0.3) is 17.4 Å². The summed E-state index contributed by atoms with van der Waals surface area (Å²) in [6.07, 6.45) is 6.62. The van der Waals surface area contributed by atoms with Crippen LogP contribution < -0.4 is 36.0 Å². The van der Waals surface area contributed by atoms with E-state index in [4.69, 9.17) is 26.1 Å². The number of likely N-dealkylation sites (N-methyl/N-ethyl adjacent to an activating group) is 1. The van der Waals surface area contributed by atoms with Crippen LogP contribution in [0, 0.1) is 5.41 Å². The number of aromatic nitrogens is 3. The fourth-order valence-corrected chi connectivity index (χ4v) is 10.1. The molecular weight excluding hydrogens is 830 g/mol. The number of fused-ring (bicyclic) bond motifs is 2. The summed E-state index contributed by atoms with van der Waals surface area (Å²) in [5, 5.41) is 20.7. The van der Waals surface area contributed by atoms with Crippen molar-refractivity contribution in [3.63, 3.8) is 0 Å². The Bertz CT molecular complexity index is 2530. The highest BCUT2D eigenvalue weighted by Gasteiger charge is 2.48. The van der Waals surface area contributed by atoms with Gasteiger partial charge in [-0.2, -0.15) is 4.98 Å². The lowest BCUT2D eigenvalue weighted by Crippen LogP contribution is -2.53. The molecule has 4 aliphatic heterocycles. The normalized spacial score (nSPS) is 21.5. The number of rotatable bonds is 11. The highest BCUT2D eigenvalue weighted by atomic mass is 35.5. The highest BCUT2D eigenvalue weighted by molar-refractivity contribution is 6.33. The smallest absolute Gasteiger partial charge is 0.293 e. The first-order valence-corrected chi connectivity index (χ1v) is 22.1. The molecule has 18 heteroatoms. The standard InChI is InChI=1S/C45H52ClN9O8/c1-25(2)54-32-8-7-27(19-26(32)20-35(42(54)60)62-24-37(57)47-3)49-39-31(46)23-48-44(51-39)53-17-13-45(14-18-53)21-29(22-45)63-28-11-15-52(16-12-28)33-6-4-5-30-38(33)43(61)55(41(30)59)34-9-10-36(56)50-40(34)58/h4-8,19-20,23,25,28-29,34,43,61H,9-18,21-22,24H2,1-3H3,(H,47,57)(H,48,49,51)(H,50,56,58). The Morgan fingerprint density at radius 1 is 1.00 bits per heavy atom. The molecule has 4 N–H and O–H groups in total. The lowest BCUT2D eigenvalue weighted by atomic mass is 9.61. The number of nitrogens with one attached hydrogen (secondary N) is 3. The Kier molecular flexibility index (Phi) is 11.5. The fraction of sp³-hybridized carbons (Fsp3) is 0.489. The Morgan fingerprint density at radius 3 is 2.48 bits per heavy atom. The van der Waals surface area contributed by atoms with Crippen LogP contribution in [0.1, 0.15) is 93.4 Å². The Morgan fingerprint density at radius 2 is 1.76 bits per heavy atom. The largest absolute Gasteiger partial charge is 0.478 e. The van der Waals surface area contributed by atoms with E-state index < -0.39 is 24.1 Å². The van der Waals surface area contributed by atoms with Crippen LogP contribution in [0.4, 0.5) is 23.1 Å². The number of hydrogen-bond donors (Lipinski definition) is 4. The molecule has 1 spiro atoms. The molecule has 2 unspecified atom stereocenters. The van der Waals surface area contributed by atoms with Crippen molar-refractivity contribution in [3.8, 4) is 5.75 Å². The van der Waals surface area contributed by atoms with Gasteiger partial charge in [-0.3, -0.25) is 34.2 Å². The van der Waals surface area contributed by atoms with Gasteiger partial charge in [0.1, 0.15) is 11.1 Å². The van der Waals surface area contributed by atoms with E-state index in [-0.39, 0.29) is 66.2 Å². The van der Waals surface area contributed by atoms with Crippen LogP contribution in [0.25, 0.3) is 10.9 Å². The zero-order valence-electron chi connectivity index (χ0n) is 35.6. The third-order valence-corrected chi connectivity index (χ3v) is 13.6. The second kappa shape index (κ2) is 17.1. The monoisotopic (exact) mass is 881 g/mol. The summed E-state index contributed by atoms with van der Waals surface area (Å²) in [6, 6.07) is 11.7. The zero-order chi connectivity index (χ0) is 44.2. The van der Waals surface area contributed by atoms with Crippen LogP contribution in [0.15, 0.2) is 53.5 Å². The second-order valence-corrected chi connectivity index (χ2v) is 18.0. The first-order valence-electron chi connectivity index (χ1n) is 21.8. The van der Waals surface area contributed by atoms with Gasteiger partial charge in [0.15, 0.2) is 24.4 Å². The lowest BCUT2D eigenvalue weighted by molar-refractivity contribution is -0.139. The average molecular weight is 882 g/mol. The van der Waals surface area contributed by atoms with E-state index in [1.54, 1.807) is 22.9 Å². The maximum atomic E-state index is 13.4. The molecule has 2 aromatic heterocycles. The lowest BCUT2D eigenvalue weighted by Gasteiger charge is -2.53. The van der Waals surface area contributed by atoms with Crippen LogP contribution in [0.5, 0.6) is 5.75 Å². The number of pyridine rings is 1. The van der Waals surface area contributed by atoms with Gasteiger partial charge in [-0.15, -0.1) is 0 Å². The van der Waals surface area contributed by atoms with Crippen LogP contribution in [0.2, 0.25) is 5.02 Å². The van der Waals surface area contributed by atoms with Gasteiger partial charge in [0, 0.05) is 73.6 Å². The molecule has 4 amide bonds. The number of imide groups is 1. The molecule has 2 atom stereocenters. The molecule has 4 fully saturated rings. The number of aliphatic hydroxyl groups is 1. The summed E-state index contributed by atoms with van der Waals surface area (Å²) in [5.41, 5.74) is 3.05.